The second kappa shape index (κ2) is 9.02. The topological polar surface area (TPSA) is 41.6 Å². The molecule has 4 nitrogen and oxygen atoms in total. The second-order valence-corrected chi connectivity index (χ2v) is 8.90. The highest BCUT2D eigenvalue weighted by Crippen LogP contribution is 2.42. The van der Waals surface area contributed by atoms with Crippen molar-refractivity contribution in [3.63, 3.8) is 0 Å². The van der Waals surface area contributed by atoms with Crippen LogP contribution in [0, 0.1) is 6.92 Å². The molecule has 5 heteroatoms. The average molecular weight is 421 g/mol. The van der Waals surface area contributed by atoms with E-state index in [1.54, 1.807) is 7.11 Å². The summed E-state index contributed by atoms with van der Waals surface area (Å²) in [5.41, 5.74) is 5.04. The van der Waals surface area contributed by atoms with Crippen LogP contribution < -0.4 is 10.1 Å². The summed E-state index contributed by atoms with van der Waals surface area (Å²) in [6.45, 7) is 5.71. The van der Waals surface area contributed by atoms with Gasteiger partial charge in [0.25, 0.3) is 0 Å². The van der Waals surface area contributed by atoms with E-state index in [1.807, 2.05) is 41.7 Å². The van der Waals surface area contributed by atoms with Crippen LogP contribution in [0.15, 0.2) is 54.6 Å². The summed E-state index contributed by atoms with van der Waals surface area (Å²) < 4.78 is 5.19. The number of carbonyl (C=O) groups excluding carboxylic acids is 1. The molecule has 156 valence electrons. The quantitative estimate of drug-likeness (QED) is 0.595. The first kappa shape index (κ1) is 20.6. The molecule has 1 amide bonds. The van der Waals surface area contributed by atoms with E-state index < -0.39 is 0 Å². The van der Waals surface area contributed by atoms with Crippen LogP contribution in [0.1, 0.15) is 39.4 Å². The third-order valence-corrected chi connectivity index (χ3v) is 7.04. The van der Waals surface area contributed by atoms with Crippen molar-refractivity contribution in [2.45, 2.75) is 32.7 Å². The number of ether oxygens (including phenoxy) is 1. The standard InChI is InChI=1S/C25H28N2O2S/c1-4-21-17(2)30-25-22(21)14-15-27(24(25)18-8-6-5-7-9-18)16-23(28)26-19-10-12-20(29-3)13-11-19/h5-13,24H,4,14-16H2,1-3H3,(H,26,28)/t24-/m0/s1. The molecule has 2 heterocycles. The third kappa shape index (κ3) is 4.13. The Kier molecular flexibility index (Phi) is 6.21. The Balaban J connectivity index is 1.58. The fraction of sp³-hybridized carbons (Fsp3) is 0.320. The molecule has 0 bridgehead atoms. The molecule has 0 radical (unpaired) electrons. The summed E-state index contributed by atoms with van der Waals surface area (Å²) in [5, 5.41) is 3.03. The van der Waals surface area contributed by atoms with Crippen molar-refractivity contribution in [3.05, 3.63) is 81.0 Å². The average Bonchev–Trinajstić information content (AvgIpc) is 3.09. The molecule has 4 rings (SSSR count). The van der Waals surface area contributed by atoms with Gasteiger partial charge in [-0.05, 0) is 60.7 Å². The van der Waals surface area contributed by atoms with Gasteiger partial charge in [0.05, 0.1) is 19.7 Å². The lowest BCUT2D eigenvalue weighted by atomic mass is 9.91. The van der Waals surface area contributed by atoms with Crippen molar-refractivity contribution in [1.29, 1.82) is 0 Å². The highest BCUT2D eigenvalue weighted by molar-refractivity contribution is 7.12. The summed E-state index contributed by atoms with van der Waals surface area (Å²) >= 11 is 1.90. The van der Waals surface area contributed by atoms with E-state index in [0.717, 1.165) is 30.8 Å². The van der Waals surface area contributed by atoms with Gasteiger partial charge in [0.15, 0.2) is 0 Å². The molecule has 0 saturated carbocycles. The van der Waals surface area contributed by atoms with E-state index in [9.17, 15) is 4.79 Å². The van der Waals surface area contributed by atoms with Crippen molar-refractivity contribution >= 4 is 22.9 Å². The van der Waals surface area contributed by atoms with E-state index in [-0.39, 0.29) is 11.9 Å². The summed E-state index contributed by atoms with van der Waals surface area (Å²) in [6, 6.07) is 18.1. The van der Waals surface area contributed by atoms with E-state index in [0.29, 0.717) is 6.54 Å². The molecule has 3 aromatic rings. The minimum atomic E-state index is 0.00791. The predicted octanol–water partition coefficient (Wildman–Crippen LogP) is 5.21. The highest BCUT2D eigenvalue weighted by atomic mass is 32.1. The van der Waals surface area contributed by atoms with Crippen LogP contribution in [-0.4, -0.2) is 31.0 Å². The van der Waals surface area contributed by atoms with Crippen LogP contribution in [-0.2, 0) is 17.6 Å². The van der Waals surface area contributed by atoms with Gasteiger partial charge >= 0.3 is 0 Å². The molecule has 0 fully saturated rings. The number of nitrogens with one attached hydrogen (secondary N) is 1. The number of thiophene rings is 1. The van der Waals surface area contributed by atoms with Crippen molar-refractivity contribution in [3.8, 4) is 5.75 Å². The van der Waals surface area contributed by atoms with Gasteiger partial charge in [-0.2, -0.15) is 0 Å². The fourth-order valence-corrected chi connectivity index (χ4v) is 5.85. The Morgan fingerprint density at radius 2 is 1.90 bits per heavy atom. The lowest BCUT2D eigenvalue weighted by Crippen LogP contribution is -2.40. The third-order valence-electron chi connectivity index (χ3n) is 5.80. The zero-order valence-corrected chi connectivity index (χ0v) is 18.6. The zero-order valence-electron chi connectivity index (χ0n) is 17.8. The molecule has 2 aromatic carbocycles. The van der Waals surface area contributed by atoms with Crippen LogP contribution in [0.5, 0.6) is 5.75 Å². The maximum absolute atomic E-state index is 12.9. The second-order valence-electron chi connectivity index (χ2n) is 7.64. The van der Waals surface area contributed by atoms with E-state index in [1.165, 1.54) is 26.4 Å². The van der Waals surface area contributed by atoms with Gasteiger partial charge in [-0.3, -0.25) is 9.69 Å². The number of rotatable bonds is 6. The van der Waals surface area contributed by atoms with Crippen LogP contribution in [0.3, 0.4) is 0 Å². The number of methoxy groups -OCH3 is 1. The number of amides is 1. The van der Waals surface area contributed by atoms with Gasteiger partial charge in [0, 0.05) is 22.0 Å². The Bertz CT molecular complexity index is 1010. The van der Waals surface area contributed by atoms with E-state index in [4.69, 9.17) is 4.74 Å². The first-order valence-corrected chi connectivity index (χ1v) is 11.3. The number of aryl methyl sites for hydroxylation is 1. The lowest BCUT2D eigenvalue weighted by molar-refractivity contribution is -0.117. The normalized spacial score (nSPS) is 16.2. The largest absolute Gasteiger partial charge is 0.497 e. The molecule has 1 atom stereocenters. The highest BCUT2D eigenvalue weighted by Gasteiger charge is 2.33. The number of anilines is 1. The molecule has 1 N–H and O–H groups in total. The van der Waals surface area contributed by atoms with Gasteiger partial charge in [-0.15, -0.1) is 11.3 Å². The number of fused-ring (bicyclic) bond motifs is 1. The van der Waals surface area contributed by atoms with Gasteiger partial charge in [0.2, 0.25) is 5.91 Å². The Morgan fingerprint density at radius 3 is 2.57 bits per heavy atom. The Morgan fingerprint density at radius 1 is 1.17 bits per heavy atom. The first-order valence-electron chi connectivity index (χ1n) is 10.4. The number of hydrogen-bond acceptors (Lipinski definition) is 4. The van der Waals surface area contributed by atoms with Crippen molar-refractivity contribution in [1.82, 2.24) is 4.90 Å². The van der Waals surface area contributed by atoms with Crippen molar-refractivity contribution in [2.75, 3.05) is 25.5 Å². The van der Waals surface area contributed by atoms with Crippen LogP contribution in [0.2, 0.25) is 0 Å². The summed E-state index contributed by atoms with van der Waals surface area (Å²) in [5.74, 6) is 0.786. The minimum absolute atomic E-state index is 0.00791. The van der Waals surface area contributed by atoms with E-state index >= 15 is 0 Å². The molecule has 1 aliphatic heterocycles. The number of carbonyl (C=O) groups is 1. The molecule has 1 aromatic heterocycles. The van der Waals surface area contributed by atoms with Crippen LogP contribution in [0.25, 0.3) is 0 Å². The predicted molar refractivity (Wildman–Crippen MR) is 124 cm³/mol. The van der Waals surface area contributed by atoms with Crippen molar-refractivity contribution in [2.24, 2.45) is 0 Å². The van der Waals surface area contributed by atoms with E-state index in [2.05, 4.69) is 48.3 Å². The van der Waals surface area contributed by atoms with Crippen LogP contribution in [0.4, 0.5) is 5.69 Å². The number of benzene rings is 2. The molecule has 0 aliphatic carbocycles. The van der Waals surface area contributed by atoms with Crippen molar-refractivity contribution < 1.29 is 9.53 Å². The molecule has 30 heavy (non-hydrogen) atoms. The smallest absolute Gasteiger partial charge is 0.238 e. The number of hydrogen-bond donors (Lipinski definition) is 1. The SMILES string of the molecule is CCc1c(C)sc2c1CCN(CC(=O)Nc1ccc(OC)cc1)[C@H]2c1ccccc1. The van der Waals surface area contributed by atoms with Gasteiger partial charge in [-0.25, -0.2) is 0 Å². The summed E-state index contributed by atoms with van der Waals surface area (Å²) in [6.07, 6.45) is 2.07. The Labute approximate surface area is 182 Å². The molecule has 1 aliphatic rings. The maximum Gasteiger partial charge on any atom is 0.238 e. The summed E-state index contributed by atoms with van der Waals surface area (Å²) in [7, 11) is 1.64. The number of nitrogens with zero attached hydrogens (tertiary/aromatic N) is 1. The van der Waals surface area contributed by atoms with Gasteiger partial charge in [-0.1, -0.05) is 37.3 Å². The molecular formula is C25H28N2O2S. The lowest BCUT2D eigenvalue weighted by Gasteiger charge is -2.36. The van der Waals surface area contributed by atoms with Gasteiger partial charge in [0.1, 0.15) is 5.75 Å². The zero-order chi connectivity index (χ0) is 21.1. The monoisotopic (exact) mass is 420 g/mol. The molecule has 0 saturated heterocycles. The first-order chi connectivity index (χ1) is 14.6. The maximum atomic E-state index is 12.9. The van der Waals surface area contributed by atoms with Crippen LogP contribution >= 0.6 is 11.3 Å². The summed E-state index contributed by atoms with van der Waals surface area (Å²) in [4.78, 5) is 18.0. The molecule has 0 unspecified atom stereocenters. The van der Waals surface area contributed by atoms with Gasteiger partial charge < -0.3 is 10.1 Å². The molecule has 0 spiro atoms. The minimum Gasteiger partial charge on any atom is -0.497 e. The fourth-order valence-electron chi connectivity index (χ4n) is 4.38. The molecular weight excluding hydrogens is 392 g/mol. The Hall–Kier alpha value is -2.63.